The van der Waals surface area contributed by atoms with Crippen molar-refractivity contribution in [3.63, 3.8) is 0 Å². The molecule has 0 fully saturated rings. The summed E-state index contributed by atoms with van der Waals surface area (Å²) in [5.41, 5.74) is -0.804. The zero-order valence-electron chi connectivity index (χ0n) is 16.4. The van der Waals surface area contributed by atoms with E-state index in [-0.39, 0.29) is 0 Å². The van der Waals surface area contributed by atoms with E-state index in [9.17, 15) is 48.3 Å². The van der Waals surface area contributed by atoms with Crippen molar-refractivity contribution in [2.24, 2.45) is 0 Å². The van der Waals surface area contributed by atoms with Crippen LogP contribution in [0.2, 0.25) is 0 Å². The van der Waals surface area contributed by atoms with E-state index in [0.29, 0.717) is 6.07 Å². The summed E-state index contributed by atoms with van der Waals surface area (Å²) in [7, 11) is -4.59. The predicted octanol–water partition coefficient (Wildman–Crippen LogP) is 2.89. The van der Waals surface area contributed by atoms with Crippen LogP contribution in [0.1, 0.15) is 10.4 Å². The van der Waals surface area contributed by atoms with E-state index in [2.05, 4.69) is 21.3 Å². The van der Waals surface area contributed by atoms with Gasteiger partial charge in [-0.3, -0.25) is 4.55 Å². The number of carbonyl (C=O) groups excluding carboxylic acids is 1. The summed E-state index contributed by atoms with van der Waals surface area (Å²) in [5.74, 6) is -14.7. The molecule has 0 aliphatic heterocycles. The molecule has 186 valence electrons. The van der Waals surface area contributed by atoms with Crippen LogP contribution < -0.4 is 4.74 Å². The van der Waals surface area contributed by atoms with Gasteiger partial charge in [-0.2, -0.15) is 12.8 Å². The topological polar surface area (TPSA) is 110 Å². The van der Waals surface area contributed by atoms with E-state index in [1.54, 1.807) is 0 Å². The fourth-order valence-corrected chi connectivity index (χ4v) is 2.64. The Hall–Kier alpha value is -3.42. The summed E-state index contributed by atoms with van der Waals surface area (Å²) in [6, 6.07) is 0.370. The Balaban J connectivity index is 0.000000350. The van der Waals surface area contributed by atoms with Gasteiger partial charge in [0.15, 0.2) is 52.2 Å². The number of aliphatic hydroxyl groups excluding tert-OH is 1. The monoisotopic (exact) mass is 522 g/mol. The van der Waals surface area contributed by atoms with Gasteiger partial charge in [-0.1, -0.05) is 11.8 Å². The largest absolute Gasteiger partial charge is 0.491 e. The number of hydrogen-bond donors (Lipinski definition) is 2. The Morgan fingerprint density at radius 2 is 1.38 bits per heavy atom. The number of benzene rings is 2. The molecule has 0 aliphatic carbocycles. The highest BCUT2D eigenvalue weighted by molar-refractivity contribution is 7.85. The molecule has 16 heteroatoms. The highest BCUT2D eigenvalue weighted by Gasteiger charge is 2.32. The maximum Gasteiger partial charge on any atom is 0.342 e. The van der Waals surface area contributed by atoms with Crippen molar-refractivity contribution >= 4 is 16.1 Å². The third-order valence-corrected chi connectivity index (χ3v) is 4.32. The second kappa shape index (κ2) is 11.6. The number of hydrogen-bond acceptors (Lipinski definition) is 6. The Kier molecular flexibility index (Phi) is 9.79. The van der Waals surface area contributed by atoms with Crippen LogP contribution >= 0.6 is 0 Å². The van der Waals surface area contributed by atoms with Crippen molar-refractivity contribution in [1.29, 1.82) is 0 Å². The van der Waals surface area contributed by atoms with Gasteiger partial charge in [0.1, 0.15) is 12.2 Å². The minimum Gasteiger partial charge on any atom is -0.491 e. The highest BCUT2D eigenvalue weighted by atomic mass is 32.2. The van der Waals surface area contributed by atoms with Crippen molar-refractivity contribution in [3.05, 3.63) is 58.2 Å². The van der Waals surface area contributed by atoms with E-state index in [1.165, 1.54) is 0 Å². The predicted molar refractivity (Wildman–Crippen MR) is 94.1 cm³/mol. The number of rotatable bonds is 4. The summed E-state index contributed by atoms with van der Waals surface area (Å²) >= 11 is 0. The highest BCUT2D eigenvalue weighted by Crippen LogP contribution is 2.28. The van der Waals surface area contributed by atoms with Crippen molar-refractivity contribution in [1.82, 2.24) is 0 Å². The lowest BCUT2D eigenvalue weighted by atomic mass is 10.2. The minimum absolute atomic E-state index is 0.370. The number of carbonyl (C=O) groups is 1. The first-order chi connectivity index (χ1) is 15.7. The van der Waals surface area contributed by atoms with Crippen molar-refractivity contribution in [2.75, 3.05) is 20.3 Å². The van der Waals surface area contributed by atoms with E-state index in [4.69, 9.17) is 9.66 Å². The van der Waals surface area contributed by atoms with Gasteiger partial charge in [0.2, 0.25) is 11.6 Å². The fourth-order valence-electron chi connectivity index (χ4n) is 2.01. The average molecular weight is 522 g/mol. The van der Waals surface area contributed by atoms with Crippen molar-refractivity contribution in [3.8, 4) is 17.6 Å². The van der Waals surface area contributed by atoms with E-state index < -0.39 is 92.0 Å². The molecular weight excluding hydrogens is 512 g/mol. The summed E-state index contributed by atoms with van der Waals surface area (Å²) in [6.07, 6.45) is 0. The van der Waals surface area contributed by atoms with Gasteiger partial charge in [0.25, 0.3) is 0 Å². The van der Waals surface area contributed by atoms with Crippen LogP contribution in [0, 0.1) is 58.4 Å². The quantitative estimate of drug-likeness (QED) is 0.159. The number of aliphatic hydroxyl groups is 1. The van der Waals surface area contributed by atoms with Crippen LogP contribution in [0.5, 0.6) is 5.75 Å². The third kappa shape index (κ3) is 6.34. The molecule has 0 atom stereocenters. The number of ether oxygens (including phenoxy) is 2. The molecule has 2 aromatic rings. The molecule has 0 radical (unpaired) electrons. The lowest BCUT2D eigenvalue weighted by Gasteiger charge is -2.08. The maximum atomic E-state index is 13.6. The zero-order chi connectivity index (χ0) is 26.4. The number of halogens is 8. The van der Waals surface area contributed by atoms with Gasteiger partial charge >= 0.3 is 16.1 Å². The average Bonchev–Trinajstić information content (AvgIpc) is 2.76. The normalized spacial score (nSPS) is 10.6. The van der Waals surface area contributed by atoms with Gasteiger partial charge in [0.05, 0.1) is 7.11 Å². The molecule has 2 rings (SSSR count). The van der Waals surface area contributed by atoms with Crippen LogP contribution in [0.15, 0.2) is 11.0 Å². The van der Waals surface area contributed by atoms with Crippen molar-refractivity contribution in [2.45, 2.75) is 4.90 Å². The van der Waals surface area contributed by atoms with Gasteiger partial charge in [0, 0.05) is 0 Å². The summed E-state index contributed by atoms with van der Waals surface area (Å²) in [4.78, 5) is 9.16. The van der Waals surface area contributed by atoms with Gasteiger partial charge < -0.3 is 14.6 Å². The number of methoxy groups -OCH3 is 1. The maximum absolute atomic E-state index is 13.6. The molecule has 7 nitrogen and oxygen atoms in total. The zero-order valence-corrected chi connectivity index (χ0v) is 17.2. The van der Waals surface area contributed by atoms with E-state index in [1.807, 2.05) is 0 Å². The molecule has 0 unspecified atom stereocenters. The molecule has 0 heterocycles. The van der Waals surface area contributed by atoms with Crippen LogP contribution in [0.4, 0.5) is 35.1 Å². The summed E-state index contributed by atoms with van der Waals surface area (Å²) < 4.78 is 140. The standard InChI is InChI=1S/C12H9F3O4.C6HF5O3S/c1-18-11-9(14)7(6-8(13)10(11)15)12(17)19-5-3-2-4-16;7-1-2(8)4(10)6(15(12,13)14)5(11)3(1)9/h6,16H,4-5H2,1H3;(H,12,13,14). The Morgan fingerprint density at radius 1 is 0.882 bits per heavy atom. The Bertz CT molecular complexity index is 1240. The molecule has 0 aliphatic rings. The van der Waals surface area contributed by atoms with Gasteiger partial charge in [-0.05, 0) is 6.07 Å². The molecule has 0 bridgehead atoms. The molecule has 0 aromatic heterocycles. The minimum atomic E-state index is -5.52. The second-order valence-electron chi connectivity index (χ2n) is 5.53. The van der Waals surface area contributed by atoms with Crippen LogP contribution in [-0.2, 0) is 14.9 Å². The molecule has 2 N–H and O–H groups in total. The molecule has 0 spiro atoms. The molecule has 0 saturated carbocycles. The second-order valence-corrected chi connectivity index (χ2v) is 6.89. The molecule has 0 amide bonds. The molecule has 0 saturated heterocycles. The molecule has 34 heavy (non-hydrogen) atoms. The van der Waals surface area contributed by atoms with Gasteiger partial charge in [-0.25, -0.2) is 35.5 Å². The summed E-state index contributed by atoms with van der Waals surface area (Å²) in [5, 5.41) is 8.35. The number of esters is 1. The smallest absolute Gasteiger partial charge is 0.342 e. The lowest BCUT2D eigenvalue weighted by molar-refractivity contribution is 0.0549. The molecule has 2 aromatic carbocycles. The lowest BCUT2D eigenvalue weighted by Crippen LogP contribution is -2.11. The SMILES string of the molecule is COc1c(F)c(F)cc(C(=O)OCC#CCO)c1F.O=S(=O)(O)c1c(F)c(F)c(F)c(F)c1F. The first-order valence-corrected chi connectivity index (χ1v) is 9.58. The fraction of sp³-hybridized carbons (Fsp3) is 0.167. The Labute approximate surface area is 185 Å². The van der Waals surface area contributed by atoms with Crippen LogP contribution in [-0.4, -0.2) is 44.4 Å². The van der Waals surface area contributed by atoms with Crippen LogP contribution in [0.25, 0.3) is 0 Å². The van der Waals surface area contributed by atoms with Crippen LogP contribution in [0.3, 0.4) is 0 Å². The Morgan fingerprint density at radius 3 is 1.82 bits per heavy atom. The summed E-state index contributed by atoms with van der Waals surface area (Å²) in [6.45, 7) is -0.842. The van der Waals surface area contributed by atoms with E-state index >= 15 is 0 Å². The third-order valence-electron chi connectivity index (χ3n) is 3.45. The first-order valence-electron chi connectivity index (χ1n) is 8.14. The first kappa shape index (κ1) is 28.6. The van der Waals surface area contributed by atoms with Gasteiger partial charge in [-0.15, -0.1) is 0 Å². The molecular formula is C18H10F8O7S. The van der Waals surface area contributed by atoms with Crippen molar-refractivity contribution < 1.29 is 67.5 Å². The van der Waals surface area contributed by atoms with E-state index in [0.717, 1.165) is 7.11 Å².